The molecule has 0 radical (unpaired) electrons. The molecule has 0 aromatic heterocycles. The average molecular weight is 470 g/mol. The van der Waals surface area contributed by atoms with Gasteiger partial charge in [-0.1, -0.05) is 48.5 Å². The molecule has 2 spiro atoms. The second kappa shape index (κ2) is 5.96. The zero-order valence-corrected chi connectivity index (χ0v) is 23.3. The van der Waals surface area contributed by atoms with Crippen LogP contribution in [-0.4, -0.2) is 29.1 Å². The summed E-state index contributed by atoms with van der Waals surface area (Å²) in [5.74, 6) is 2.85. The van der Waals surface area contributed by atoms with Gasteiger partial charge in [0.15, 0.2) is 0 Å². The fourth-order valence-corrected chi connectivity index (χ4v) is 13.9. The van der Waals surface area contributed by atoms with Gasteiger partial charge in [-0.25, -0.2) is 0 Å². The standard InChI is InChI=1S/C31H51NO2/c1-19-9-14-30(32-18-19)20(2)31-23(29(31,8)34-30)28(7)22-11-12-24(3)17-21(33)10-13-26(24,5)25(22,4)15-16-27(28,31)6/h19-23,32-33H,9-18H2,1-8H3/t19-,20+,21-,22-,23?,24+,25+,26-,27-,28-,29+,30-,31-/m0/s1. The Morgan fingerprint density at radius 2 is 1.56 bits per heavy atom. The van der Waals surface area contributed by atoms with Crippen LogP contribution in [0.25, 0.3) is 0 Å². The first kappa shape index (κ1) is 23.0. The molecule has 7 aliphatic rings. The van der Waals surface area contributed by atoms with Crippen LogP contribution in [-0.2, 0) is 4.74 Å². The van der Waals surface area contributed by atoms with Crippen LogP contribution in [0.1, 0.15) is 113 Å². The van der Waals surface area contributed by atoms with Gasteiger partial charge in [0.1, 0.15) is 5.72 Å². The summed E-state index contributed by atoms with van der Waals surface area (Å²) in [6.45, 7) is 21.9. The van der Waals surface area contributed by atoms with Gasteiger partial charge in [0.05, 0.1) is 11.7 Å². The monoisotopic (exact) mass is 469 g/mol. The van der Waals surface area contributed by atoms with E-state index in [0.29, 0.717) is 38.9 Å². The molecule has 3 heteroatoms. The molecule has 5 saturated carbocycles. The summed E-state index contributed by atoms with van der Waals surface area (Å²) in [4.78, 5) is 0. The lowest BCUT2D eigenvalue weighted by atomic mass is 9.26. The maximum Gasteiger partial charge on any atom is 0.123 e. The highest BCUT2D eigenvalue weighted by atomic mass is 16.6. The van der Waals surface area contributed by atoms with Crippen molar-refractivity contribution in [2.24, 2.45) is 56.2 Å². The summed E-state index contributed by atoms with van der Waals surface area (Å²) in [6.07, 6.45) is 11.0. The minimum Gasteiger partial charge on any atom is -0.393 e. The van der Waals surface area contributed by atoms with E-state index in [1.165, 1.54) is 44.9 Å². The van der Waals surface area contributed by atoms with E-state index in [0.717, 1.165) is 31.2 Å². The molecule has 7 rings (SSSR count). The molecule has 2 saturated heterocycles. The van der Waals surface area contributed by atoms with Gasteiger partial charge in [0, 0.05) is 23.8 Å². The Morgan fingerprint density at radius 1 is 0.824 bits per heavy atom. The summed E-state index contributed by atoms with van der Waals surface area (Å²) < 4.78 is 7.35. The first-order valence-corrected chi connectivity index (χ1v) is 14.9. The van der Waals surface area contributed by atoms with Crippen LogP contribution in [0.5, 0.6) is 0 Å². The van der Waals surface area contributed by atoms with Crippen LogP contribution in [0.4, 0.5) is 0 Å². The number of ether oxygens (including phenoxy) is 1. The molecule has 0 amide bonds. The van der Waals surface area contributed by atoms with E-state index < -0.39 is 0 Å². The largest absolute Gasteiger partial charge is 0.393 e. The highest BCUT2D eigenvalue weighted by Gasteiger charge is 3.03. The molecule has 13 atom stereocenters. The van der Waals surface area contributed by atoms with E-state index in [2.05, 4.69) is 60.7 Å². The number of hydrogen-bond donors (Lipinski definition) is 2. The van der Waals surface area contributed by atoms with Crippen LogP contribution >= 0.6 is 0 Å². The summed E-state index contributed by atoms with van der Waals surface area (Å²) in [7, 11) is 0. The van der Waals surface area contributed by atoms with Gasteiger partial charge < -0.3 is 9.84 Å². The van der Waals surface area contributed by atoms with E-state index in [-0.39, 0.29) is 22.8 Å². The van der Waals surface area contributed by atoms with Crippen molar-refractivity contribution in [3.05, 3.63) is 0 Å². The van der Waals surface area contributed by atoms with Crippen LogP contribution in [0.3, 0.4) is 0 Å². The van der Waals surface area contributed by atoms with Gasteiger partial charge in [0.25, 0.3) is 0 Å². The molecule has 7 fully saturated rings. The van der Waals surface area contributed by atoms with Gasteiger partial charge >= 0.3 is 0 Å². The minimum atomic E-state index is -0.0903. The second-order valence-corrected chi connectivity index (χ2v) is 16.1. The van der Waals surface area contributed by atoms with E-state index in [4.69, 9.17) is 4.74 Å². The molecule has 0 bridgehead atoms. The van der Waals surface area contributed by atoms with Gasteiger partial charge in [-0.2, -0.15) is 0 Å². The van der Waals surface area contributed by atoms with Crippen LogP contribution in [0.2, 0.25) is 0 Å². The van der Waals surface area contributed by atoms with Crippen molar-refractivity contribution in [1.82, 2.24) is 5.32 Å². The highest BCUT2D eigenvalue weighted by molar-refractivity contribution is 5.49. The fourth-order valence-electron chi connectivity index (χ4n) is 13.9. The normalized spacial score (nSPS) is 70.3. The van der Waals surface area contributed by atoms with E-state index >= 15 is 0 Å². The lowest BCUT2D eigenvalue weighted by molar-refractivity contribution is -0.313. The molecule has 34 heavy (non-hydrogen) atoms. The number of aliphatic hydroxyl groups is 1. The molecule has 0 aromatic carbocycles. The third-order valence-electron chi connectivity index (χ3n) is 15.9. The van der Waals surface area contributed by atoms with Crippen molar-refractivity contribution in [2.75, 3.05) is 6.54 Å². The molecule has 2 aliphatic heterocycles. The van der Waals surface area contributed by atoms with Gasteiger partial charge in [0.2, 0.25) is 0 Å². The maximum atomic E-state index is 10.6. The first-order chi connectivity index (χ1) is 15.7. The number of hydrogen-bond acceptors (Lipinski definition) is 3. The first-order valence-electron chi connectivity index (χ1n) is 14.9. The SMILES string of the molecule is C[C@H]1CC[C@]2(NC1)O[C@]1(C)C3[C@@]1([C@@H]2C)[C@@]1(C)CC[C@]2(C)[C@H](CC[C@]4(C)C[C@@H](O)CC[C@@]42C)[C@@]31C. The number of nitrogens with one attached hydrogen (secondary N) is 1. The summed E-state index contributed by atoms with van der Waals surface area (Å²) >= 11 is 0. The predicted molar refractivity (Wildman–Crippen MR) is 136 cm³/mol. The third kappa shape index (κ3) is 1.89. The predicted octanol–water partition coefficient (Wildman–Crippen LogP) is 6.54. The van der Waals surface area contributed by atoms with E-state index in [1.54, 1.807) is 0 Å². The Morgan fingerprint density at radius 3 is 2.24 bits per heavy atom. The van der Waals surface area contributed by atoms with Gasteiger partial charge in [-0.05, 0) is 104 Å². The second-order valence-electron chi connectivity index (χ2n) is 16.1. The number of aliphatic hydroxyl groups excluding tert-OH is 1. The Labute approximate surface area is 208 Å². The molecule has 1 unspecified atom stereocenters. The van der Waals surface area contributed by atoms with Gasteiger partial charge in [-0.3, -0.25) is 5.32 Å². The summed E-state index contributed by atoms with van der Waals surface area (Å²) in [6, 6.07) is 0. The fraction of sp³-hybridized carbons (Fsp3) is 1.00. The van der Waals surface area contributed by atoms with Crippen LogP contribution < -0.4 is 5.32 Å². The average Bonchev–Trinajstić information content (AvgIpc) is 3.24. The van der Waals surface area contributed by atoms with Crippen molar-refractivity contribution in [3.8, 4) is 0 Å². The minimum absolute atomic E-state index is 0.0408. The lowest BCUT2D eigenvalue weighted by Crippen LogP contribution is -2.74. The molecule has 2 N–H and O–H groups in total. The Bertz CT molecular complexity index is 942. The number of fused-ring (bicyclic) bond motifs is 7. The van der Waals surface area contributed by atoms with Crippen LogP contribution in [0.15, 0.2) is 0 Å². The Kier molecular flexibility index (Phi) is 4.04. The Balaban J connectivity index is 1.28. The van der Waals surface area contributed by atoms with Crippen molar-refractivity contribution < 1.29 is 9.84 Å². The smallest absolute Gasteiger partial charge is 0.123 e. The zero-order valence-electron chi connectivity index (χ0n) is 23.3. The molecule has 3 nitrogen and oxygen atoms in total. The molecule has 5 aliphatic carbocycles. The number of piperidine rings is 1. The quantitative estimate of drug-likeness (QED) is 0.423. The van der Waals surface area contributed by atoms with Crippen molar-refractivity contribution in [1.29, 1.82) is 0 Å². The molecular formula is C31H51NO2. The van der Waals surface area contributed by atoms with Crippen LogP contribution in [0, 0.1) is 56.2 Å². The summed E-state index contributed by atoms with van der Waals surface area (Å²) in [5.41, 5.74) is 2.02. The van der Waals surface area contributed by atoms with E-state index in [9.17, 15) is 5.11 Å². The van der Waals surface area contributed by atoms with Crippen molar-refractivity contribution in [2.45, 2.75) is 131 Å². The summed E-state index contributed by atoms with van der Waals surface area (Å²) in [5, 5.41) is 14.6. The molecule has 0 aromatic rings. The number of rotatable bonds is 0. The molecule has 2 heterocycles. The maximum absolute atomic E-state index is 10.6. The van der Waals surface area contributed by atoms with Gasteiger partial charge in [-0.15, -0.1) is 0 Å². The zero-order chi connectivity index (χ0) is 24.4. The lowest BCUT2D eigenvalue weighted by Gasteiger charge is -2.78. The molecular weight excluding hydrogens is 418 g/mol. The topological polar surface area (TPSA) is 41.5 Å². The van der Waals surface area contributed by atoms with E-state index in [1.807, 2.05) is 0 Å². The van der Waals surface area contributed by atoms with Crippen molar-refractivity contribution >= 4 is 0 Å². The molecule has 192 valence electrons. The highest BCUT2D eigenvalue weighted by Crippen LogP contribution is 3.01. The Hall–Kier alpha value is -0.120. The third-order valence-corrected chi connectivity index (χ3v) is 15.9. The van der Waals surface area contributed by atoms with Crippen molar-refractivity contribution in [3.63, 3.8) is 0 Å².